The summed E-state index contributed by atoms with van der Waals surface area (Å²) in [6, 6.07) is 0. The molecule has 0 aromatic heterocycles. The van der Waals surface area contributed by atoms with Crippen molar-refractivity contribution in [3.8, 4) is 0 Å². The van der Waals surface area contributed by atoms with Crippen molar-refractivity contribution in [1.29, 1.82) is 0 Å². The predicted octanol–water partition coefficient (Wildman–Crippen LogP) is -0.0372. The van der Waals surface area contributed by atoms with Crippen molar-refractivity contribution in [2.24, 2.45) is 0 Å². The quantitative estimate of drug-likeness (QED) is 0.616. The number of hydrogen-bond acceptors (Lipinski definition) is 8. The van der Waals surface area contributed by atoms with E-state index in [1.807, 2.05) is 0 Å². The molecular weight excluding hydrogens is 272 g/mol. The zero-order valence-electron chi connectivity index (χ0n) is 11.8. The van der Waals surface area contributed by atoms with Gasteiger partial charge in [0.25, 0.3) is 0 Å². The fraction of sp³-hybridized carbons (Fsp3) is 1.00. The predicted molar refractivity (Wildman–Crippen MR) is 67.1 cm³/mol. The van der Waals surface area contributed by atoms with E-state index < -0.39 is 0 Å². The van der Waals surface area contributed by atoms with Crippen LogP contribution in [-0.4, -0.2) is 80.0 Å². The summed E-state index contributed by atoms with van der Waals surface area (Å²) in [4.78, 5) is 0. The third kappa shape index (κ3) is 12.7. The van der Waals surface area contributed by atoms with Crippen LogP contribution >= 0.6 is 0 Å². The summed E-state index contributed by atoms with van der Waals surface area (Å²) in [6.07, 6.45) is 0. The van der Waals surface area contributed by atoms with Crippen molar-refractivity contribution in [2.75, 3.05) is 80.0 Å². The second-order valence-electron chi connectivity index (χ2n) is 3.74. The van der Waals surface area contributed by atoms with E-state index in [1.165, 1.54) is 0 Å². The molecule has 8 nitrogen and oxygen atoms in total. The molecule has 0 amide bonds. The van der Waals surface area contributed by atoms with Gasteiger partial charge in [-0.3, -0.25) is 0 Å². The maximum atomic E-state index is 5.18. The third-order valence-corrected chi connectivity index (χ3v) is 2.15. The molecule has 0 bridgehead atoms. The maximum absolute atomic E-state index is 5.18. The lowest BCUT2D eigenvalue weighted by atomic mass is 10.7. The van der Waals surface area contributed by atoms with Crippen molar-refractivity contribution < 1.29 is 37.9 Å². The Balaban J connectivity index is 2.00. The summed E-state index contributed by atoms with van der Waals surface area (Å²) in [7, 11) is 0. The zero-order valence-corrected chi connectivity index (χ0v) is 11.8. The fourth-order valence-corrected chi connectivity index (χ4v) is 1.18. The third-order valence-electron chi connectivity index (χ3n) is 2.15. The maximum Gasteiger partial charge on any atom is 0.146 e. The summed E-state index contributed by atoms with van der Waals surface area (Å²) < 4.78 is 41.5. The van der Waals surface area contributed by atoms with Crippen LogP contribution in [-0.2, 0) is 37.9 Å². The van der Waals surface area contributed by atoms with Gasteiger partial charge in [-0.1, -0.05) is 0 Å². The van der Waals surface area contributed by atoms with Gasteiger partial charge in [0, 0.05) is 0 Å². The van der Waals surface area contributed by atoms with Gasteiger partial charge in [-0.05, 0) is 0 Å². The van der Waals surface area contributed by atoms with Gasteiger partial charge in [0.2, 0.25) is 0 Å². The van der Waals surface area contributed by atoms with E-state index in [0.717, 1.165) is 0 Å². The molecule has 0 saturated carbocycles. The SMILES string of the molecule is C1COCOCCOCOCCOCOCCOCO1. The summed E-state index contributed by atoms with van der Waals surface area (Å²) >= 11 is 0. The van der Waals surface area contributed by atoms with Crippen LogP contribution < -0.4 is 0 Å². The van der Waals surface area contributed by atoms with Gasteiger partial charge in [-0.15, -0.1) is 0 Å². The molecule has 0 aliphatic carbocycles. The van der Waals surface area contributed by atoms with Crippen LogP contribution in [0.1, 0.15) is 0 Å². The lowest BCUT2D eigenvalue weighted by Crippen LogP contribution is -2.15. The molecule has 1 aliphatic heterocycles. The first-order valence-corrected chi connectivity index (χ1v) is 6.62. The Morgan fingerprint density at radius 2 is 0.400 bits per heavy atom. The summed E-state index contributed by atoms with van der Waals surface area (Å²) in [6.45, 7) is 4.52. The largest absolute Gasteiger partial charge is 0.353 e. The summed E-state index contributed by atoms with van der Waals surface area (Å²) in [5, 5.41) is 0. The van der Waals surface area contributed by atoms with Crippen LogP contribution in [0.25, 0.3) is 0 Å². The smallest absolute Gasteiger partial charge is 0.146 e. The highest BCUT2D eigenvalue weighted by molar-refractivity contribution is 4.30. The first-order chi connectivity index (χ1) is 10.0. The first kappa shape index (κ1) is 17.7. The van der Waals surface area contributed by atoms with Crippen LogP contribution in [0, 0.1) is 0 Å². The molecule has 1 rings (SSSR count). The van der Waals surface area contributed by atoms with Gasteiger partial charge in [0.15, 0.2) is 0 Å². The molecule has 0 N–H and O–H groups in total. The van der Waals surface area contributed by atoms with E-state index in [-0.39, 0.29) is 27.2 Å². The minimum absolute atomic E-state index is 0.218. The molecular formula is C12H24O8. The summed E-state index contributed by atoms with van der Waals surface area (Å²) in [5.74, 6) is 0. The van der Waals surface area contributed by atoms with E-state index in [1.54, 1.807) is 0 Å². The molecule has 1 aliphatic rings. The van der Waals surface area contributed by atoms with Crippen LogP contribution in [0.3, 0.4) is 0 Å². The average Bonchev–Trinajstić information content (AvgIpc) is 2.46. The second-order valence-corrected chi connectivity index (χ2v) is 3.74. The molecule has 1 saturated heterocycles. The van der Waals surface area contributed by atoms with Crippen molar-refractivity contribution in [3.63, 3.8) is 0 Å². The lowest BCUT2D eigenvalue weighted by molar-refractivity contribution is -0.136. The normalized spacial score (nSPS) is 24.0. The minimum Gasteiger partial charge on any atom is -0.353 e. The highest BCUT2D eigenvalue weighted by atomic mass is 16.7. The average molecular weight is 296 g/mol. The Morgan fingerprint density at radius 3 is 0.550 bits per heavy atom. The second kappa shape index (κ2) is 15.1. The van der Waals surface area contributed by atoms with E-state index in [9.17, 15) is 0 Å². The molecule has 0 atom stereocenters. The standard InChI is InChI=1S/C12H24O8/c1-2-14-10-16-5-6-18-12-20-8-7-19-11-17-4-3-15-9-13-1/h1-12H2. The van der Waals surface area contributed by atoms with E-state index in [2.05, 4.69) is 0 Å². The minimum atomic E-state index is 0.218. The Hall–Kier alpha value is -0.320. The molecule has 0 unspecified atom stereocenters. The fourth-order valence-electron chi connectivity index (χ4n) is 1.18. The van der Waals surface area contributed by atoms with Crippen LogP contribution in [0.5, 0.6) is 0 Å². The molecule has 8 heteroatoms. The Kier molecular flexibility index (Phi) is 13.4. The molecule has 0 aromatic rings. The highest BCUT2D eigenvalue weighted by Crippen LogP contribution is 1.87. The van der Waals surface area contributed by atoms with Crippen molar-refractivity contribution in [3.05, 3.63) is 0 Å². The topological polar surface area (TPSA) is 73.8 Å². The van der Waals surface area contributed by atoms with Gasteiger partial charge in [-0.2, -0.15) is 0 Å². The number of hydrogen-bond donors (Lipinski definition) is 0. The van der Waals surface area contributed by atoms with Gasteiger partial charge < -0.3 is 37.9 Å². The van der Waals surface area contributed by atoms with Crippen LogP contribution in [0.15, 0.2) is 0 Å². The molecule has 20 heavy (non-hydrogen) atoms. The zero-order chi connectivity index (χ0) is 14.1. The first-order valence-electron chi connectivity index (χ1n) is 6.62. The van der Waals surface area contributed by atoms with E-state index in [0.29, 0.717) is 52.9 Å². The Labute approximate surface area is 119 Å². The molecule has 1 fully saturated rings. The van der Waals surface area contributed by atoms with Crippen LogP contribution in [0.4, 0.5) is 0 Å². The lowest BCUT2D eigenvalue weighted by Gasteiger charge is -2.10. The van der Waals surface area contributed by atoms with Gasteiger partial charge in [0.05, 0.1) is 52.9 Å². The van der Waals surface area contributed by atoms with Crippen LogP contribution in [0.2, 0.25) is 0 Å². The number of ether oxygens (including phenoxy) is 8. The Morgan fingerprint density at radius 1 is 0.250 bits per heavy atom. The van der Waals surface area contributed by atoms with Gasteiger partial charge in [0.1, 0.15) is 27.2 Å². The molecule has 0 spiro atoms. The van der Waals surface area contributed by atoms with Gasteiger partial charge >= 0.3 is 0 Å². The highest BCUT2D eigenvalue weighted by Gasteiger charge is 1.95. The monoisotopic (exact) mass is 296 g/mol. The van der Waals surface area contributed by atoms with Gasteiger partial charge in [-0.25, -0.2) is 0 Å². The van der Waals surface area contributed by atoms with Crippen molar-refractivity contribution in [1.82, 2.24) is 0 Å². The molecule has 1 heterocycles. The van der Waals surface area contributed by atoms with Crippen molar-refractivity contribution >= 4 is 0 Å². The summed E-state index contributed by atoms with van der Waals surface area (Å²) in [5.41, 5.74) is 0. The van der Waals surface area contributed by atoms with E-state index in [4.69, 9.17) is 37.9 Å². The Bertz CT molecular complexity index is 106. The number of rotatable bonds is 0. The van der Waals surface area contributed by atoms with Crippen molar-refractivity contribution in [2.45, 2.75) is 0 Å². The molecule has 0 aromatic carbocycles. The molecule has 0 radical (unpaired) electrons. The van der Waals surface area contributed by atoms with E-state index >= 15 is 0 Å². The molecule has 120 valence electrons.